The molecule has 0 saturated heterocycles. The molecule has 30 heavy (non-hydrogen) atoms. The molecule has 0 aliphatic carbocycles. The fourth-order valence-corrected chi connectivity index (χ4v) is 7.06. The molecule has 158 valence electrons. The van der Waals surface area contributed by atoms with E-state index >= 15 is 0 Å². The third-order valence-corrected chi connectivity index (χ3v) is 8.75. The van der Waals surface area contributed by atoms with Crippen molar-refractivity contribution in [2.24, 2.45) is 0 Å². The molecule has 0 N–H and O–H groups in total. The zero-order valence-corrected chi connectivity index (χ0v) is 19.4. The van der Waals surface area contributed by atoms with Crippen LogP contribution >= 0.6 is 34.5 Å². The van der Waals surface area contributed by atoms with Crippen molar-refractivity contribution in [1.29, 1.82) is 0 Å². The number of methoxy groups -OCH3 is 2. The Hall–Kier alpha value is -1.77. The first-order chi connectivity index (χ1) is 14.3. The Labute approximate surface area is 189 Å². The first kappa shape index (κ1) is 21.5. The number of rotatable bonds is 5. The van der Waals surface area contributed by atoms with Crippen molar-refractivity contribution >= 4 is 44.6 Å². The maximum atomic E-state index is 13.5. The Morgan fingerprint density at radius 1 is 1.07 bits per heavy atom. The second-order valence-corrected chi connectivity index (χ2v) is 10.7. The number of sulfonamides is 1. The molecule has 0 radical (unpaired) electrons. The SMILES string of the molecule is COc1cc2c(c(OC)c1)C(c1cc(Cl)cc(Cl)c1)N(S(=O)(=O)c1cccs1)CC2. The fraction of sp³-hybridized carbons (Fsp3) is 0.238. The number of nitrogens with zero attached hydrogens (tertiary/aromatic N) is 1. The van der Waals surface area contributed by atoms with Crippen LogP contribution in [0.1, 0.15) is 22.7 Å². The van der Waals surface area contributed by atoms with Gasteiger partial charge in [0.1, 0.15) is 15.7 Å². The van der Waals surface area contributed by atoms with Gasteiger partial charge in [-0.1, -0.05) is 29.3 Å². The van der Waals surface area contributed by atoms with Gasteiger partial charge in [-0.2, -0.15) is 4.31 Å². The maximum Gasteiger partial charge on any atom is 0.253 e. The van der Waals surface area contributed by atoms with Crippen LogP contribution in [0.15, 0.2) is 52.1 Å². The molecule has 9 heteroatoms. The molecule has 1 aromatic heterocycles. The molecule has 1 unspecified atom stereocenters. The second-order valence-electron chi connectivity index (χ2n) is 6.81. The van der Waals surface area contributed by atoms with Crippen molar-refractivity contribution in [3.8, 4) is 11.5 Å². The normalized spacial score (nSPS) is 16.9. The van der Waals surface area contributed by atoms with E-state index in [1.807, 2.05) is 6.07 Å². The van der Waals surface area contributed by atoms with Crippen LogP contribution in [0.25, 0.3) is 0 Å². The van der Waals surface area contributed by atoms with Crippen LogP contribution in [0.5, 0.6) is 11.5 Å². The van der Waals surface area contributed by atoms with Crippen LogP contribution in [-0.2, 0) is 16.4 Å². The lowest BCUT2D eigenvalue weighted by molar-refractivity contribution is 0.324. The summed E-state index contributed by atoms with van der Waals surface area (Å²) in [6, 6.07) is 11.5. The highest BCUT2D eigenvalue weighted by molar-refractivity contribution is 7.91. The molecule has 1 aliphatic rings. The van der Waals surface area contributed by atoms with E-state index in [2.05, 4.69) is 0 Å². The lowest BCUT2D eigenvalue weighted by Crippen LogP contribution is -2.40. The molecule has 1 aliphatic heterocycles. The average molecular weight is 484 g/mol. The minimum Gasteiger partial charge on any atom is -0.497 e. The molecule has 0 amide bonds. The quantitative estimate of drug-likeness (QED) is 0.486. The van der Waals surface area contributed by atoms with Gasteiger partial charge in [-0.15, -0.1) is 11.3 Å². The van der Waals surface area contributed by atoms with Gasteiger partial charge in [0, 0.05) is 28.2 Å². The highest BCUT2D eigenvalue weighted by Crippen LogP contribution is 2.46. The molecule has 2 heterocycles. The molecule has 0 bridgehead atoms. The summed E-state index contributed by atoms with van der Waals surface area (Å²) in [5, 5.41) is 2.62. The molecule has 0 fully saturated rings. The Morgan fingerprint density at radius 3 is 2.40 bits per heavy atom. The summed E-state index contributed by atoms with van der Waals surface area (Å²) in [6.45, 7) is 0.304. The molecule has 0 saturated carbocycles. The van der Waals surface area contributed by atoms with E-state index in [-0.39, 0.29) is 4.21 Å². The summed E-state index contributed by atoms with van der Waals surface area (Å²) >= 11 is 13.7. The zero-order valence-electron chi connectivity index (χ0n) is 16.3. The van der Waals surface area contributed by atoms with Crippen LogP contribution in [-0.4, -0.2) is 33.5 Å². The lowest BCUT2D eigenvalue weighted by atomic mass is 9.88. The van der Waals surface area contributed by atoms with Crippen molar-refractivity contribution in [2.45, 2.75) is 16.7 Å². The van der Waals surface area contributed by atoms with Crippen LogP contribution < -0.4 is 9.47 Å². The second kappa shape index (κ2) is 8.40. The van der Waals surface area contributed by atoms with Gasteiger partial charge in [-0.3, -0.25) is 0 Å². The average Bonchev–Trinajstić information content (AvgIpc) is 3.27. The van der Waals surface area contributed by atoms with Crippen LogP contribution in [0.3, 0.4) is 0 Å². The lowest BCUT2D eigenvalue weighted by Gasteiger charge is -2.37. The molecule has 5 nitrogen and oxygen atoms in total. The summed E-state index contributed by atoms with van der Waals surface area (Å²) < 4.78 is 39.9. The number of fused-ring (bicyclic) bond motifs is 1. The van der Waals surface area contributed by atoms with Gasteiger partial charge < -0.3 is 9.47 Å². The number of benzene rings is 2. The highest BCUT2D eigenvalue weighted by Gasteiger charge is 2.40. The standard InChI is InChI=1S/C21H19Cl2NO4S2/c1-27-17-10-13-5-6-24(30(25,26)19-4-3-7-29-19)21(20(13)18(12-17)28-2)14-8-15(22)11-16(23)9-14/h3-4,7-12,21H,5-6H2,1-2H3. The van der Waals surface area contributed by atoms with Crippen LogP contribution in [0.2, 0.25) is 10.0 Å². The van der Waals surface area contributed by atoms with E-state index < -0.39 is 16.1 Å². The van der Waals surface area contributed by atoms with Crippen molar-refractivity contribution in [3.05, 3.63) is 74.6 Å². The van der Waals surface area contributed by atoms with E-state index in [9.17, 15) is 8.42 Å². The van der Waals surface area contributed by atoms with E-state index in [0.717, 1.165) is 11.1 Å². The number of thiophene rings is 1. The predicted molar refractivity (Wildman–Crippen MR) is 120 cm³/mol. The topological polar surface area (TPSA) is 55.8 Å². The van der Waals surface area contributed by atoms with Gasteiger partial charge >= 0.3 is 0 Å². The summed E-state index contributed by atoms with van der Waals surface area (Å²) in [5.74, 6) is 1.21. The van der Waals surface area contributed by atoms with E-state index in [1.165, 1.54) is 15.6 Å². The molecule has 0 spiro atoms. The van der Waals surface area contributed by atoms with E-state index in [4.69, 9.17) is 32.7 Å². The third kappa shape index (κ3) is 3.81. The van der Waals surface area contributed by atoms with Crippen molar-refractivity contribution in [2.75, 3.05) is 20.8 Å². The van der Waals surface area contributed by atoms with Gasteiger partial charge in [0.15, 0.2) is 0 Å². The minimum atomic E-state index is -3.75. The fourth-order valence-electron chi connectivity index (χ4n) is 3.81. The van der Waals surface area contributed by atoms with Gasteiger partial charge in [0.2, 0.25) is 0 Å². The maximum absolute atomic E-state index is 13.5. The zero-order chi connectivity index (χ0) is 21.5. The van der Waals surface area contributed by atoms with Crippen molar-refractivity contribution in [1.82, 2.24) is 4.31 Å². The molecule has 1 atom stereocenters. The Balaban J connectivity index is 1.98. The smallest absolute Gasteiger partial charge is 0.253 e. The van der Waals surface area contributed by atoms with Gasteiger partial charge in [-0.05, 0) is 53.3 Å². The van der Waals surface area contributed by atoms with Gasteiger partial charge in [-0.25, -0.2) is 8.42 Å². The van der Waals surface area contributed by atoms with E-state index in [0.29, 0.717) is 40.1 Å². The monoisotopic (exact) mass is 483 g/mol. The van der Waals surface area contributed by atoms with Crippen LogP contribution in [0.4, 0.5) is 0 Å². The van der Waals surface area contributed by atoms with Gasteiger partial charge in [0.05, 0.1) is 20.3 Å². The number of ether oxygens (including phenoxy) is 2. The van der Waals surface area contributed by atoms with Crippen molar-refractivity contribution < 1.29 is 17.9 Å². The van der Waals surface area contributed by atoms with Gasteiger partial charge in [0.25, 0.3) is 10.0 Å². The van der Waals surface area contributed by atoms with Crippen molar-refractivity contribution in [3.63, 3.8) is 0 Å². The summed E-state index contributed by atoms with van der Waals surface area (Å²) in [6.07, 6.45) is 0.526. The number of hydrogen-bond acceptors (Lipinski definition) is 5. The number of halogens is 2. The minimum absolute atomic E-state index is 0.288. The Morgan fingerprint density at radius 2 is 1.80 bits per heavy atom. The summed E-state index contributed by atoms with van der Waals surface area (Å²) in [7, 11) is -0.598. The predicted octanol–water partition coefficient (Wildman–Crippen LogP) is 5.41. The molecule has 3 aromatic rings. The summed E-state index contributed by atoms with van der Waals surface area (Å²) in [4.78, 5) is 0. The first-order valence-corrected chi connectivity index (χ1v) is 12.2. The van der Waals surface area contributed by atoms with Crippen LogP contribution in [0, 0.1) is 0 Å². The van der Waals surface area contributed by atoms with E-state index in [1.54, 1.807) is 56.0 Å². The summed E-state index contributed by atoms with van der Waals surface area (Å²) in [5.41, 5.74) is 2.41. The Bertz CT molecular complexity index is 1140. The Kier molecular flexibility index (Phi) is 6.01. The number of hydrogen-bond donors (Lipinski definition) is 0. The molecular formula is C21H19Cl2NO4S2. The molecule has 4 rings (SSSR count). The molecule has 2 aromatic carbocycles. The third-order valence-electron chi connectivity index (χ3n) is 5.08. The highest BCUT2D eigenvalue weighted by atomic mass is 35.5. The first-order valence-electron chi connectivity index (χ1n) is 9.11. The largest absolute Gasteiger partial charge is 0.497 e. The molecular weight excluding hydrogens is 465 g/mol.